The van der Waals surface area contributed by atoms with Crippen LogP contribution in [0.3, 0.4) is 0 Å². The number of aromatic nitrogens is 1. The Kier molecular flexibility index (Phi) is 3.64. The molecular weight excluding hydrogens is 269 g/mol. The topological polar surface area (TPSA) is 60.2 Å². The Labute approximate surface area is 123 Å². The number of nitrogens with two attached hydrogens (primary N) is 1. The van der Waals surface area contributed by atoms with Crippen LogP contribution in [-0.4, -0.2) is 11.6 Å². The Hall–Kier alpha value is -2.30. The molecule has 1 aromatic carbocycles. The number of anilines is 3. The predicted molar refractivity (Wildman–Crippen MR) is 81.3 cm³/mol. The van der Waals surface area contributed by atoms with Crippen LogP contribution in [0.5, 0.6) is 5.88 Å². The van der Waals surface area contributed by atoms with Gasteiger partial charge in [-0.3, -0.25) is 0 Å². The van der Waals surface area contributed by atoms with E-state index in [1.54, 1.807) is 18.2 Å². The number of benzene rings is 1. The van der Waals surface area contributed by atoms with E-state index in [-0.39, 0.29) is 5.82 Å². The maximum Gasteiger partial charge on any atom is 0.239 e. The SMILES string of the molecule is Cc1cc(F)ccc1Nc1ccc(N)c(OCC2CC2)n1. The third-order valence-corrected chi connectivity index (χ3v) is 3.49. The first-order chi connectivity index (χ1) is 10.1. The molecule has 0 atom stereocenters. The number of ether oxygens (including phenoxy) is 1. The van der Waals surface area contributed by atoms with Crippen molar-refractivity contribution in [2.24, 2.45) is 5.92 Å². The second-order valence-corrected chi connectivity index (χ2v) is 5.43. The highest BCUT2D eigenvalue weighted by Crippen LogP contribution is 2.31. The Morgan fingerprint density at radius 1 is 1.33 bits per heavy atom. The second kappa shape index (κ2) is 5.60. The number of nitrogens with zero attached hydrogens (tertiary/aromatic N) is 1. The molecule has 2 aromatic rings. The lowest BCUT2D eigenvalue weighted by atomic mass is 10.2. The van der Waals surface area contributed by atoms with Gasteiger partial charge in [0.25, 0.3) is 0 Å². The van der Waals surface area contributed by atoms with E-state index in [9.17, 15) is 4.39 Å². The third kappa shape index (κ3) is 3.42. The molecule has 1 aromatic heterocycles. The van der Waals surface area contributed by atoms with Gasteiger partial charge in [0.15, 0.2) is 0 Å². The highest BCUT2D eigenvalue weighted by atomic mass is 19.1. The summed E-state index contributed by atoms with van der Waals surface area (Å²) in [6.45, 7) is 2.50. The molecule has 1 saturated carbocycles. The molecule has 3 rings (SSSR count). The summed E-state index contributed by atoms with van der Waals surface area (Å²) in [7, 11) is 0. The number of pyridine rings is 1. The first-order valence-corrected chi connectivity index (χ1v) is 7.04. The molecule has 0 unspecified atom stereocenters. The van der Waals surface area contributed by atoms with Gasteiger partial charge in [-0.15, -0.1) is 0 Å². The maximum atomic E-state index is 13.1. The van der Waals surface area contributed by atoms with Gasteiger partial charge in [-0.05, 0) is 61.6 Å². The van der Waals surface area contributed by atoms with Crippen molar-refractivity contribution in [2.45, 2.75) is 19.8 Å². The van der Waals surface area contributed by atoms with Crippen molar-refractivity contribution in [3.8, 4) is 5.88 Å². The molecule has 0 spiro atoms. The maximum absolute atomic E-state index is 13.1. The van der Waals surface area contributed by atoms with Crippen LogP contribution in [0.15, 0.2) is 30.3 Å². The van der Waals surface area contributed by atoms with Gasteiger partial charge < -0.3 is 15.8 Å². The number of hydrogen-bond donors (Lipinski definition) is 2. The van der Waals surface area contributed by atoms with E-state index in [0.29, 0.717) is 29.9 Å². The van der Waals surface area contributed by atoms with Crippen LogP contribution in [0, 0.1) is 18.7 Å². The molecule has 3 N–H and O–H groups in total. The minimum absolute atomic E-state index is 0.253. The van der Waals surface area contributed by atoms with Gasteiger partial charge >= 0.3 is 0 Å². The van der Waals surface area contributed by atoms with Crippen LogP contribution in [0.1, 0.15) is 18.4 Å². The summed E-state index contributed by atoms with van der Waals surface area (Å²) in [6, 6.07) is 8.12. The number of aryl methyl sites for hydroxylation is 1. The van der Waals surface area contributed by atoms with Gasteiger partial charge in [-0.2, -0.15) is 4.98 Å². The number of halogens is 1. The average Bonchev–Trinajstić information content (AvgIpc) is 3.26. The Balaban J connectivity index is 1.76. The van der Waals surface area contributed by atoms with Crippen LogP contribution in [-0.2, 0) is 0 Å². The number of hydrogen-bond acceptors (Lipinski definition) is 4. The smallest absolute Gasteiger partial charge is 0.239 e. The minimum Gasteiger partial charge on any atom is -0.476 e. The van der Waals surface area contributed by atoms with Crippen LogP contribution in [0.2, 0.25) is 0 Å². The molecule has 0 aliphatic heterocycles. The molecule has 0 bridgehead atoms. The standard InChI is InChI=1S/C16H18FN3O/c1-10-8-12(17)4-6-14(10)19-15-7-5-13(18)16(20-15)21-9-11-2-3-11/h4-8,11H,2-3,9,18H2,1H3,(H,19,20). The quantitative estimate of drug-likeness (QED) is 0.881. The summed E-state index contributed by atoms with van der Waals surface area (Å²) >= 11 is 0. The van der Waals surface area contributed by atoms with Gasteiger partial charge in [0.2, 0.25) is 5.88 Å². The summed E-state index contributed by atoms with van der Waals surface area (Å²) in [5, 5.41) is 3.16. The van der Waals surface area contributed by atoms with Crippen molar-refractivity contribution < 1.29 is 9.13 Å². The average molecular weight is 287 g/mol. The van der Waals surface area contributed by atoms with Gasteiger partial charge in [-0.1, -0.05) is 0 Å². The van der Waals surface area contributed by atoms with Crippen LogP contribution in [0.4, 0.5) is 21.6 Å². The zero-order valence-electron chi connectivity index (χ0n) is 11.9. The normalized spacial score (nSPS) is 14.0. The number of nitrogens with one attached hydrogen (secondary N) is 1. The predicted octanol–water partition coefficient (Wildman–Crippen LogP) is 3.64. The van der Waals surface area contributed by atoms with Gasteiger partial charge in [0.05, 0.1) is 12.3 Å². The van der Waals surface area contributed by atoms with E-state index in [4.69, 9.17) is 10.5 Å². The van der Waals surface area contributed by atoms with Crippen molar-refractivity contribution in [1.29, 1.82) is 0 Å². The van der Waals surface area contributed by atoms with Gasteiger partial charge in [-0.25, -0.2) is 4.39 Å². The fourth-order valence-corrected chi connectivity index (χ4v) is 2.02. The minimum atomic E-state index is -0.253. The van der Waals surface area contributed by atoms with E-state index < -0.39 is 0 Å². The molecule has 1 aliphatic rings. The van der Waals surface area contributed by atoms with Crippen molar-refractivity contribution in [2.75, 3.05) is 17.7 Å². The van der Waals surface area contributed by atoms with E-state index in [2.05, 4.69) is 10.3 Å². The third-order valence-electron chi connectivity index (χ3n) is 3.49. The molecule has 0 amide bonds. The van der Waals surface area contributed by atoms with Crippen LogP contribution < -0.4 is 15.8 Å². The van der Waals surface area contributed by atoms with Crippen LogP contribution >= 0.6 is 0 Å². The summed E-state index contributed by atoms with van der Waals surface area (Å²) < 4.78 is 18.8. The molecule has 1 heterocycles. The molecule has 5 heteroatoms. The fraction of sp³-hybridized carbons (Fsp3) is 0.312. The lowest BCUT2D eigenvalue weighted by Gasteiger charge is -2.12. The number of nitrogen functional groups attached to an aromatic ring is 1. The summed E-state index contributed by atoms with van der Waals surface area (Å²) in [5.74, 6) is 1.47. The van der Waals surface area contributed by atoms with Gasteiger partial charge in [0.1, 0.15) is 11.6 Å². The van der Waals surface area contributed by atoms with E-state index in [1.165, 1.54) is 25.0 Å². The highest BCUT2D eigenvalue weighted by molar-refractivity contribution is 5.63. The van der Waals surface area contributed by atoms with Crippen molar-refractivity contribution in [1.82, 2.24) is 4.98 Å². The van der Waals surface area contributed by atoms with Gasteiger partial charge in [0, 0.05) is 5.69 Å². The molecule has 1 fully saturated rings. The summed E-state index contributed by atoms with van der Waals surface area (Å²) in [6.07, 6.45) is 2.43. The molecule has 0 saturated heterocycles. The number of rotatable bonds is 5. The summed E-state index contributed by atoms with van der Waals surface area (Å²) in [4.78, 5) is 4.38. The monoisotopic (exact) mass is 287 g/mol. The lowest BCUT2D eigenvalue weighted by Crippen LogP contribution is -2.05. The van der Waals surface area contributed by atoms with E-state index in [0.717, 1.165) is 11.3 Å². The molecule has 21 heavy (non-hydrogen) atoms. The van der Waals surface area contributed by atoms with Crippen LogP contribution in [0.25, 0.3) is 0 Å². The summed E-state index contributed by atoms with van der Waals surface area (Å²) in [5.41, 5.74) is 8.02. The van der Waals surface area contributed by atoms with Crippen molar-refractivity contribution in [3.63, 3.8) is 0 Å². The zero-order chi connectivity index (χ0) is 14.8. The molecule has 4 nitrogen and oxygen atoms in total. The fourth-order valence-electron chi connectivity index (χ4n) is 2.02. The van der Waals surface area contributed by atoms with Crippen molar-refractivity contribution >= 4 is 17.2 Å². The lowest BCUT2D eigenvalue weighted by molar-refractivity contribution is 0.290. The molecule has 1 aliphatic carbocycles. The first-order valence-electron chi connectivity index (χ1n) is 7.04. The molecular formula is C16H18FN3O. The molecule has 0 radical (unpaired) electrons. The zero-order valence-corrected chi connectivity index (χ0v) is 11.9. The van der Waals surface area contributed by atoms with Crippen molar-refractivity contribution in [3.05, 3.63) is 41.7 Å². The van der Waals surface area contributed by atoms with E-state index in [1.807, 2.05) is 6.92 Å². The highest BCUT2D eigenvalue weighted by Gasteiger charge is 2.22. The Bertz CT molecular complexity index is 656. The van der Waals surface area contributed by atoms with E-state index >= 15 is 0 Å². The Morgan fingerprint density at radius 3 is 2.86 bits per heavy atom. The second-order valence-electron chi connectivity index (χ2n) is 5.43. The first kappa shape index (κ1) is 13.7. The Morgan fingerprint density at radius 2 is 2.14 bits per heavy atom. The molecule has 110 valence electrons. The largest absolute Gasteiger partial charge is 0.476 e.